The predicted octanol–water partition coefficient (Wildman–Crippen LogP) is 3.02. The Morgan fingerprint density at radius 3 is 2.35 bits per heavy atom. The van der Waals surface area contributed by atoms with Crippen molar-refractivity contribution in [3.8, 4) is 5.75 Å². The molecule has 0 atom stereocenters. The first-order chi connectivity index (χ1) is 9.47. The van der Waals surface area contributed by atoms with Gasteiger partial charge in [-0.1, -0.05) is 11.6 Å². The summed E-state index contributed by atoms with van der Waals surface area (Å²) in [7, 11) is 3.91. The van der Waals surface area contributed by atoms with Crippen LogP contribution in [0.25, 0.3) is 0 Å². The number of hydrogen-bond acceptors (Lipinski definition) is 3. The largest absolute Gasteiger partial charge is 0.507 e. The third-order valence-electron chi connectivity index (χ3n) is 3.04. The van der Waals surface area contributed by atoms with Crippen molar-refractivity contribution in [2.24, 2.45) is 0 Å². The summed E-state index contributed by atoms with van der Waals surface area (Å²) in [5.74, 6) is -0.332. The van der Waals surface area contributed by atoms with E-state index in [9.17, 15) is 9.90 Å². The van der Waals surface area contributed by atoms with Crippen LogP contribution < -0.4 is 10.2 Å². The summed E-state index contributed by atoms with van der Waals surface area (Å²) in [5, 5.41) is 12.5. The van der Waals surface area contributed by atoms with Crippen LogP contribution in [-0.4, -0.2) is 25.1 Å². The highest BCUT2D eigenvalue weighted by atomic mass is 16.3. The van der Waals surface area contributed by atoms with Crippen molar-refractivity contribution in [1.82, 2.24) is 0 Å². The molecule has 104 valence electrons. The normalized spacial score (nSPS) is 10.2. The maximum Gasteiger partial charge on any atom is 0.259 e. The van der Waals surface area contributed by atoms with Crippen molar-refractivity contribution < 1.29 is 9.90 Å². The van der Waals surface area contributed by atoms with E-state index in [1.807, 2.05) is 50.2 Å². The van der Waals surface area contributed by atoms with Crippen LogP contribution >= 0.6 is 0 Å². The smallest absolute Gasteiger partial charge is 0.259 e. The third kappa shape index (κ3) is 3.09. The molecule has 0 radical (unpaired) electrons. The van der Waals surface area contributed by atoms with Crippen molar-refractivity contribution in [2.45, 2.75) is 6.92 Å². The number of hydrogen-bond donors (Lipinski definition) is 2. The van der Waals surface area contributed by atoms with E-state index < -0.39 is 0 Å². The van der Waals surface area contributed by atoms with Crippen molar-refractivity contribution in [1.29, 1.82) is 0 Å². The Kier molecular flexibility index (Phi) is 3.94. The number of benzene rings is 2. The van der Waals surface area contributed by atoms with Crippen LogP contribution in [0.3, 0.4) is 0 Å². The van der Waals surface area contributed by atoms with Crippen LogP contribution in [0.15, 0.2) is 42.5 Å². The van der Waals surface area contributed by atoms with Crippen molar-refractivity contribution >= 4 is 17.3 Å². The van der Waals surface area contributed by atoms with Gasteiger partial charge in [0.05, 0.1) is 5.56 Å². The molecule has 0 unspecified atom stereocenters. The molecule has 0 bridgehead atoms. The number of amides is 1. The van der Waals surface area contributed by atoms with Crippen LogP contribution in [0.2, 0.25) is 0 Å². The quantitative estimate of drug-likeness (QED) is 0.901. The Hall–Kier alpha value is -2.49. The van der Waals surface area contributed by atoms with Crippen LogP contribution in [0.1, 0.15) is 15.9 Å². The van der Waals surface area contributed by atoms with Gasteiger partial charge in [0.1, 0.15) is 5.75 Å². The zero-order valence-electron chi connectivity index (χ0n) is 11.8. The summed E-state index contributed by atoms with van der Waals surface area (Å²) in [4.78, 5) is 14.1. The topological polar surface area (TPSA) is 52.6 Å². The van der Waals surface area contributed by atoms with E-state index in [-0.39, 0.29) is 17.2 Å². The van der Waals surface area contributed by atoms with Crippen molar-refractivity contribution in [2.75, 3.05) is 24.3 Å². The molecule has 4 heteroatoms. The molecular weight excluding hydrogens is 252 g/mol. The van der Waals surface area contributed by atoms with E-state index in [4.69, 9.17) is 0 Å². The Morgan fingerprint density at radius 1 is 1.10 bits per heavy atom. The Balaban J connectivity index is 2.17. The Bertz CT molecular complexity index is 619. The summed E-state index contributed by atoms with van der Waals surface area (Å²) < 4.78 is 0. The SMILES string of the molecule is Cc1ccc(O)c(C(=O)Nc2ccc(N(C)C)cc2)c1. The van der Waals surface area contributed by atoms with Gasteiger partial charge in [0.25, 0.3) is 5.91 Å². The molecule has 20 heavy (non-hydrogen) atoms. The Morgan fingerprint density at radius 2 is 1.75 bits per heavy atom. The van der Waals surface area contributed by atoms with E-state index in [1.54, 1.807) is 12.1 Å². The highest BCUT2D eigenvalue weighted by molar-refractivity contribution is 6.06. The fraction of sp³-hybridized carbons (Fsp3) is 0.188. The molecule has 0 heterocycles. The highest BCUT2D eigenvalue weighted by Crippen LogP contribution is 2.21. The number of aromatic hydroxyl groups is 1. The van der Waals surface area contributed by atoms with Gasteiger partial charge in [-0.15, -0.1) is 0 Å². The van der Waals surface area contributed by atoms with Crippen molar-refractivity contribution in [3.05, 3.63) is 53.6 Å². The van der Waals surface area contributed by atoms with Gasteiger partial charge < -0.3 is 15.3 Å². The molecule has 0 aliphatic carbocycles. The minimum Gasteiger partial charge on any atom is -0.507 e. The molecule has 4 nitrogen and oxygen atoms in total. The number of carbonyl (C=O) groups is 1. The van der Waals surface area contributed by atoms with Gasteiger partial charge in [0, 0.05) is 25.5 Å². The first kappa shape index (κ1) is 13.9. The molecule has 2 rings (SSSR count). The minimum atomic E-state index is -0.316. The lowest BCUT2D eigenvalue weighted by Gasteiger charge is -2.13. The molecule has 0 aromatic heterocycles. The summed E-state index contributed by atoms with van der Waals surface area (Å²) >= 11 is 0. The van der Waals surface area contributed by atoms with E-state index in [0.717, 1.165) is 11.3 Å². The molecule has 0 aliphatic heterocycles. The van der Waals surface area contributed by atoms with Gasteiger partial charge in [-0.25, -0.2) is 0 Å². The van der Waals surface area contributed by atoms with Crippen LogP contribution in [-0.2, 0) is 0 Å². The fourth-order valence-corrected chi connectivity index (χ4v) is 1.87. The summed E-state index contributed by atoms with van der Waals surface area (Å²) in [6.45, 7) is 1.88. The molecule has 0 fully saturated rings. The zero-order chi connectivity index (χ0) is 14.7. The average molecular weight is 270 g/mol. The monoisotopic (exact) mass is 270 g/mol. The maximum absolute atomic E-state index is 12.1. The summed E-state index contributed by atoms with van der Waals surface area (Å²) in [6.07, 6.45) is 0. The second kappa shape index (κ2) is 5.65. The maximum atomic E-state index is 12.1. The molecule has 0 saturated heterocycles. The minimum absolute atomic E-state index is 0.0157. The fourth-order valence-electron chi connectivity index (χ4n) is 1.87. The molecule has 0 aliphatic rings. The molecule has 2 N–H and O–H groups in total. The van der Waals surface area contributed by atoms with E-state index in [1.165, 1.54) is 6.07 Å². The lowest BCUT2D eigenvalue weighted by atomic mass is 10.1. The first-order valence-corrected chi connectivity index (χ1v) is 6.36. The standard InChI is InChI=1S/C16H18N2O2/c1-11-4-9-15(19)14(10-11)16(20)17-12-5-7-13(8-6-12)18(2)3/h4-10,19H,1-3H3,(H,17,20). The van der Waals surface area contributed by atoms with Gasteiger partial charge in [-0.3, -0.25) is 4.79 Å². The lowest BCUT2D eigenvalue weighted by Crippen LogP contribution is -2.13. The molecule has 1 amide bonds. The Labute approximate surface area is 118 Å². The van der Waals surface area contributed by atoms with Gasteiger partial charge in [-0.05, 0) is 43.3 Å². The molecule has 2 aromatic carbocycles. The van der Waals surface area contributed by atoms with Gasteiger partial charge in [0.2, 0.25) is 0 Å². The van der Waals surface area contributed by atoms with Crippen molar-refractivity contribution in [3.63, 3.8) is 0 Å². The van der Waals surface area contributed by atoms with E-state index in [2.05, 4.69) is 5.32 Å². The molecular formula is C16H18N2O2. The van der Waals surface area contributed by atoms with Crippen LogP contribution in [0.4, 0.5) is 11.4 Å². The lowest BCUT2D eigenvalue weighted by molar-refractivity contribution is 0.102. The van der Waals surface area contributed by atoms with E-state index >= 15 is 0 Å². The number of rotatable bonds is 3. The number of nitrogens with zero attached hydrogens (tertiary/aromatic N) is 1. The van der Waals surface area contributed by atoms with Gasteiger partial charge in [-0.2, -0.15) is 0 Å². The van der Waals surface area contributed by atoms with Crippen LogP contribution in [0, 0.1) is 6.92 Å². The van der Waals surface area contributed by atoms with Gasteiger partial charge >= 0.3 is 0 Å². The first-order valence-electron chi connectivity index (χ1n) is 6.36. The number of phenolic OH excluding ortho intramolecular Hbond substituents is 1. The number of nitrogens with one attached hydrogen (secondary N) is 1. The average Bonchev–Trinajstić information content (AvgIpc) is 2.42. The number of carbonyl (C=O) groups excluding carboxylic acids is 1. The number of anilines is 2. The second-order valence-corrected chi connectivity index (χ2v) is 4.92. The summed E-state index contributed by atoms with van der Waals surface area (Å²) in [5.41, 5.74) is 2.96. The summed E-state index contributed by atoms with van der Waals surface area (Å²) in [6, 6.07) is 12.5. The molecule has 0 saturated carbocycles. The van der Waals surface area contributed by atoms with E-state index in [0.29, 0.717) is 5.69 Å². The number of aryl methyl sites for hydroxylation is 1. The van der Waals surface area contributed by atoms with Crippen LogP contribution in [0.5, 0.6) is 5.75 Å². The highest BCUT2D eigenvalue weighted by Gasteiger charge is 2.11. The number of phenols is 1. The zero-order valence-corrected chi connectivity index (χ0v) is 11.8. The second-order valence-electron chi connectivity index (χ2n) is 4.92. The van der Waals surface area contributed by atoms with Gasteiger partial charge in [0.15, 0.2) is 0 Å². The third-order valence-corrected chi connectivity index (χ3v) is 3.04. The molecule has 0 spiro atoms. The predicted molar refractivity (Wildman–Crippen MR) is 81.6 cm³/mol. The molecule has 2 aromatic rings.